The quantitative estimate of drug-likeness (QED) is 0.847. The Labute approximate surface area is 145 Å². The third kappa shape index (κ3) is 4.01. The predicted octanol–water partition coefficient (Wildman–Crippen LogP) is 2.24. The number of benzene rings is 1. The summed E-state index contributed by atoms with van der Waals surface area (Å²) in [5, 5.41) is 1.97. The number of nitrogens with one attached hydrogen (secondary N) is 1. The maximum absolute atomic E-state index is 13.8. The van der Waals surface area contributed by atoms with E-state index in [1.807, 2.05) is 17.5 Å². The number of halogens is 1. The summed E-state index contributed by atoms with van der Waals surface area (Å²) in [4.78, 5) is 2.95. The van der Waals surface area contributed by atoms with Gasteiger partial charge in [-0.1, -0.05) is 18.2 Å². The van der Waals surface area contributed by atoms with Crippen LogP contribution >= 0.6 is 11.3 Å². The molecule has 130 valence electrons. The third-order valence-corrected chi connectivity index (χ3v) is 6.38. The summed E-state index contributed by atoms with van der Waals surface area (Å²) in [6.07, 6.45) is 0. The van der Waals surface area contributed by atoms with Gasteiger partial charge < -0.3 is 4.74 Å². The highest BCUT2D eigenvalue weighted by Crippen LogP contribution is 2.26. The smallest absolute Gasteiger partial charge is 0.243 e. The molecule has 0 spiro atoms. The van der Waals surface area contributed by atoms with E-state index in [1.165, 1.54) is 18.2 Å². The molecule has 0 radical (unpaired) electrons. The lowest BCUT2D eigenvalue weighted by atomic mass is 10.2. The normalized spacial score (nSPS) is 17.7. The molecule has 8 heteroatoms. The van der Waals surface area contributed by atoms with Crippen LogP contribution in [0, 0.1) is 5.82 Å². The first-order chi connectivity index (χ1) is 11.6. The molecule has 2 aromatic rings. The Morgan fingerprint density at radius 2 is 1.96 bits per heavy atom. The standard InChI is InChI=1S/C16H19FN2O3S2/c17-13-4-1-2-6-16(13)24(20,21)18-12-14(15-5-3-11-23-15)19-7-9-22-10-8-19/h1-6,11,14,18H,7-10,12H2/t14-/m0/s1. The molecule has 1 fully saturated rings. The summed E-state index contributed by atoms with van der Waals surface area (Å²) in [7, 11) is -3.89. The van der Waals surface area contributed by atoms with Gasteiger partial charge in [0.2, 0.25) is 10.0 Å². The van der Waals surface area contributed by atoms with E-state index in [9.17, 15) is 12.8 Å². The van der Waals surface area contributed by atoms with Crippen molar-refractivity contribution in [3.63, 3.8) is 0 Å². The molecular formula is C16H19FN2O3S2. The van der Waals surface area contributed by atoms with Crippen molar-refractivity contribution in [3.05, 3.63) is 52.5 Å². The van der Waals surface area contributed by atoms with Crippen LogP contribution in [0.2, 0.25) is 0 Å². The Balaban J connectivity index is 1.77. The van der Waals surface area contributed by atoms with Crippen molar-refractivity contribution in [2.45, 2.75) is 10.9 Å². The van der Waals surface area contributed by atoms with E-state index in [1.54, 1.807) is 11.3 Å². The van der Waals surface area contributed by atoms with Crippen molar-refractivity contribution < 1.29 is 17.5 Å². The van der Waals surface area contributed by atoms with Crippen molar-refractivity contribution in [1.29, 1.82) is 0 Å². The molecule has 24 heavy (non-hydrogen) atoms. The topological polar surface area (TPSA) is 58.6 Å². The zero-order chi connectivity index (χ0) is 17.0. The second-order valence-electron chi connectivity index (χ2n) is 5.46. The Kier molecular flexibility index (Phi) is 5.62. The maximum atomic E-state index is 13.8. The summed E-state index contributed by atoms with van der Waals surface area (Å²) < 4.78 is 46.6. The van der Waals surface area contributed by atoms with E-state index in [4.69, 9.17) is 4.74 Å². The molecule has 1 aliphatic rings. The summed E-state index contributed by atoms with van der Waals surface area (Å²) in [6, 6.07) is 9.24. The van der Waals surface area contributed by atoms with E-state index in [2.05, 4.69) is 9.62 Å². The van der Waals surface area contributed by atoms with Crippen LogP contribution in [0.25, 0.3) is 0 Å². The van der Waals surface area contributed by atoms with Crippen LogP contribution in [0.3, 0.4) is 0 Å². The molecule has 1 N–H and O–H groups in total. The highest BCUT2D eigenvalue weighted by atomic mass is 32.2. The molecule has 1 atom stereocenters. The molecule has 1 aromatic heterocycles. The monoisotopic (exact) mass is 370 g/mol. The van der Waals surface area contributed by atoms with Crippen LogP contribution in [-0.4, -0.2) is 46.2 Å². The first-order valence-corrected chi connectivity index (χ1v) is 10.0. The number of nitrogens with zero attached hydrogens (tertiary/aromatic N) is 1. The second-order valence-corrected chi connectivity index (χ2v) is 8.18. The molecular weight excluding hydrogens is 351 g/mol. The fourth-order valence-corrected chi connectivity index (χ4v) is 4.68. The van der Waals surface area contributed by atoms with E-state index in [0.29, 0.717) is 13.2 Å². The number of sulfonamides is 1. The number of hydrogen-bond donors (Lipinski definition) is 1. The lowest BCUT2D eigenvalue weighted by Crippen LogP contribution is -2.43. The van der Waals surface area contributed by atoms with Crippen LogP contribution in [0.1, 0.15) is 10.9 Å². The first-order valence-electron chi connectivity index (χ1n) is 7.67. The Bertz CT molecular complexity index is 759. The van der Waals surface area contributed by atoms with Gasteiger partial charge in [0.25, 0.3) is 0 Å². The fraction of sp³-hybridized carbons (Fsp3) is 0.375. The summed E-state index contributed by atoms with van der Waals surface area (Å²) in [5.74, 6) is -0.746. The van der Waals surface area contributed by atoms with Crippen molar-refractivity contribution in [2.24, 2.45) is 0 Å². The van der Waals surface area contributed by atoms with Crippen molar-refractivity contribution >= 4 is 21.4 Å². The molecule has 5 nitrogen and oxygen atoms in total. The van der Waals surface area contributed by atoms with E-state index in [0.717, 1.165) is 24.0 Å². The molecule has 3 rings (SSSR count). The van der Waals surface area contributed by atoms with Gasteiger partial charge >= 0.3 is 0 Å². The largest absolute Gasteiger partial charge is 0.379 e. The van der Waals surface area contributed by atoms with Gasteiger partial charge in [-0.2, -0.15) is 0 Å². The molecule has 1 aliphatic heterocycles. The minimum atomic E-state index is -3.89. The van der Waals surface area contributed by atoms with Gasteiger partial charge in [-0.3, -0.25) is 4.90 Å². The molecule has 0 aliphatic carbocycles. The highest BCUT2D eigenvalue weighted by Gasteiger charge is 2.26. The zero-order valence-corrected chi connectivity index (χ0v) is 14.7. The van der Waals surface area contributed by atoms with Crippen molar-refractivity contribution in [2.75, 3.05) is 32.8 Å². The molecule has 0 amide bonds. The van der Waals surface area contributed by atoms with Crippen molar-refractivity contribution in [1.82, 2.24) is 9.62 Å². The van der Waals surface area contributed by atoms with Gasteiger partial charge in [0.05, 0.1) is 19.3 Å². The number of ether oxygens (including phenoxy) is 1. The van der Waals surface area contributed by atoms with Gasteiger partial charge in [-0.05, 0) is 23.6 Å². The fourth-order valence-electron chi connectivity index (χ4n) is 2.71. The van der Waals surface area contributed by atoms with Crippen LogP contribution < -0.4 is 4.72 Å². The van der Waals surface area contributed by atoms with Gasteiger partial charge in [0.15, 0.2) is 0 Å². The highest BCUT2D eigenvalue weighted by molar-refractivity contribution is 7.89. The molecule has 1 saturated heterocycles. The molecule has 0 unspecified atom stereocenters. The average Bonchev–Trinajstić information content (AvgIpc) is 3.10. The Hall–Kier alpha value is -1.32. The molecule has 0 saturated carbocycles. The van der Waals surface area contributed by atoms with Crippen LogP contribution in [0.5, 0.6) is 0 Å². The van der Waals surface area contributed by atoms with Gasteiger partial charge in [-0.25, -0.2) is 17.5 Å². The van der Waals surface area contributed by atoms with Crippen molar-refractivity contribution in [3.8, 4) is 0 Å². The van der Waals surface area contributed by atoms with Crippen LogP contribution in [0.15, 0.2) is 46.7 Å². The van der Waals surface area contributed by atoms with Gasteiger partial charge in [0.1, 0.15) is 10.7 Å². The van der Waals surface area contributed by atoms with Crippen LogP contribution in [-0.2, 0) is 14.8 Å². The third-order valence-electron chi connectivity index (χ3n) is 3.95. The predicted molar refractivity (Wildman–Crippen MR) is 91.0 cm³/mol. The maximum Gasteiger partial charge on any atom is 0.243 e. The minimum Gasteiger partial charge on any atom is -0.379 e. The number of rotatable bonds is 6. The summed E-state index contributed by atoms with van der Waals surface area (Å²) >= 11 is 1.58. The van der Waals surface area contributed by atoms with E-state index >= 15 is 0 Å². The zero-order valence-electron chi connectivity index (χ0n) is 13.0. The molecule has 2 heterocycles. The second kappa shape index (κ2) is 7.71. The number of morpholine rings is 1. The van der Waals surface area contributed by atoms with Gasteiger partial charge in [-0.15, -0.1) is 11.3 Å². The van der Waals surface area contributed by atoms with Gasteiger partial charge in [0, 0.05) is 24.5 Å². The van der Waals surface area contributed by atoms with E-state index in [-0.39, 0.29) is 17.5 Å². The average molecular weight is 370 g/mol. The lowest BCUT2D eigenvalue weighted by Gasteiger charge is -2.34. The Morgan fingerprint density at radius 1 is 1.21 bits per heavy atom. The Morgan fingerprint density at radius 3 is 2.62 bits per heavy atom. The molecule has 1 aromatic carbocycles. The number of hydrogen-bond acceptors (Lipinski definition) is 5. The van der Waals surface area contributed by atoms with E-state index < -0.39 is 15.8 Å². The lowest BCUT2D eigenvalue weighted by molar-refractivity contribution is 0.0179. The first kappa shape index (κ1) is 17.5. The minimum absolute atomic E-state index is 0.0875. The SMILES string of the molecule is O=S(=O)(NC[C@@H](c1cccs1)N1CCOCC1)c1ccccc1F. The summed E-state index contributed by atoms with van der Waals surface area (Å²) in [5.41, 5.74) is 0. The van der Waals surface area contributed by atoms with Crippen LogP contribution in [0.4, 0.5) is 4.39 Å². The summed E-state index contributed by atoms with van der Waals surface area (Å²) in [6.45, 7) is 2.93. The molecule has 0 bridgehead atoms. The number of thiophene rings is 1.